The van der Waals surface area contributed by atoms with Gasteiger partial charge in [0.1, 0.15) is 5.75 Å². The molecular formula is C19H12N2O5S2. The number of H-pyrrole nitrogens is 1. The highest BCUT2D eigenvalue weighted by Gasteiger charge is 2.49. The molecule has 28 heavy (non-hydrogen) atoms. The number of nitro groups is 1. The molecule has 0 radical (unpaired) electrons. The van der Waals surface area contributed by atoms with Gasteiger partial charge in [0.05, 0.1) is 21.1 Å². The van der Waals surface area contributed by atoms with Crippen LogP contribution in [0.1, 0.15) is 27.2 Å². The van der Waals surface area contributed by atoms with Crippen molar-refractivity contribution < 1.29 is 14.5 Å². The highest BCUT2D eigenvalue weighted by Crippen LogP contribution is 2.58. The van der Waals surface area contributed by atoms with Crippen LogP contribution >= 0.6 is 23.1 Å². The van der Waals surface area contributed by atoms with E-state index in [0.29, 0.717) is 16.3 Å². The number of thiazole rings is 1. The second kappa shape index (κ2) is 6.32. The lowest BCUT2D eigenvalue weighted by atomic mass is 9.78. The van der Waals surface area contributed by atoms with Crippen LogP contribution in [0.3, 0.4) is 0 Å². The van der Waals surface area contributed by atoms with Gasteiger partial charge in [0.25, 0.3) is 5.69 Å². The van der Waals surface area contributed by atoms with Crippen molar-refractivity contribution >= 4 is 34.8 Å². The summed E-state index contributed by atoms with van der Waals surface area (Å²) in [7, 11) is 0. The lowest BCUT2D eigenvalue weighted by Crippen LogP contribution is -2.37. The molecule has 140 valence electrons. The Morgan fingerprint density at radius 3 is 2.64 bits per heavy atom. The zero-order chi connectivity index (χ0) is 19.4. The lowest BCUT2D eigenvalue weighted by molar-refractivity contribution is -0.385. The molecule has 2 aliphatic rings. The molecule has 0 saturated heterocycles. The van der Waals surface area contributed by atoms with Crippen molar-refractivity contribution in [3.05, 3.63) is 84.3 Å². The van der Waals surface area contributed by atoms with Crippen molar-refractivity contribution in [2.24, 2.45) is 5.92 Å². The van der Waals surface area contributed by atoms with Gasteiger partial charge < -0.3 is 9.72 Å². The number of rotatable bonds is 2. The number of nitro benzene ring substituents is 1. The topological polar surface area (TPSA) is 102 Å². The van der Waals surface area contributed by atoms with Crippen molar-refractivity contribution in [2.45, 2.75) is 16.2 Å². The number of aromatic nitrogens is 1. The largest absolute Gasteiger partial charge is 0.426 e. The summed E-state index contributed by atoms with van der Waals surface area (Å²) in [5.74, 6) is -1.14. The molecule has 3 atom stereocenters. The Morgan fingerprint density at radius 1 is 1.11 bits per heavy atom. The number of carbonyl (C=O) groups excluding carboxylic acids is 1. The predicted octanol–water partition coefficient (Wildman–Crippen LogP) is 3.86. The Morgan fingerprint density at radius 2 is 1.89 bits per heavy atom. The summed E-state index contributed by atoms with van der Waals surface area (Å²) < 4.78 is 5.55. The molecule has 0 saturated carbocycles. The molecule has 0 fully saturated rings. The van der Waals surface area contributed by atoms with Gasteiger partial charge in [-0.15, -0.1) is 0 Å². The van der Waals surface area contributed by atoms with E-state index in [1.54, 1.807) is 0 Å². The summed E-state index contributed by atoms with van der Waals surface area (Å²) in [6.07, 6.45) is 0. The summed E-state index contributed by atoms with van der Waals surface area (Å²) in [6.45, 7) is 0. The third-order valence-corrected chi connectivity index (χ3v) is 7.48. The van der Waals surface area contributed by atoms with Gasteiger partial charge in [-0.1, -0.05) is 53.4 Å². The Balaban J connectivity index is 1.75. The molecule has 1 N–H and O–H groups in total. The first kappa shape index (κ1) is 17.2. The van der Waals surface area contributed by atoms with Crippen LogP contribution in [-0.2, 0) is 4.79 Å². The minimum Gasteiger partial charge on any atom is -0.426 e. The van der Waals surface area contributed by atoms with Crippen molar-refractivity contribution in [1.82, 2.24) is 4.98 Å². The van der Waals surface area contributed by atoms with Gasteiger partial charge in [-0.2, -0.15) is 0 Å². The van der Waals surface area contributed by atoms with Crippen molar-refractivity contribution in [2.75, 3.05) is 0 Å². The minimum absolute atomic E-state index is 0.0747. The number of hydrogen-bond acceptors (Lipinski definition) is 7. The maximum absolute atomic E-state index is 13.0. The zero-order valence-electron chi connectivity index (χ0n) is 14.2. The molecule has 9 heteroatoms. The smallest absolute Gasteiger partial charge is 0.316 e. The number of non-ortho nitro benzene ring substituents is 1. The average Bonchev–Trinajstić information content (AvgIpc) is 3.07. The van der Waals surface area contributed by atoms with E-state index in [1.807, 2.05) is 30.3 Å². The molecule has 0 bridgehead atoms. The van der Waals surface area contributed by atoms with Gasteiger partial charge >= 0.3 is 10.8 Å². The molecule has 5 rings (SSSR count). The summed E-state index contributed by atoms with van der Waals surface area (Å²) in [4.78, 5) is 39.2. The zero-order valence-corrected chi connectivity index (χ0v) is 15.8. The molecule has 7 nitrogen and oxygen atoms in total. The molecule has 1 aromatic heterocycles. The number of hydrogen-bond donors (Lipinski definition) is 1. The summed E-state index contributed by atoms with van der Waals surface area (Å²) in [6, 6.07) is 13.8. The molecule has 0 spiro atoms. The standard InChI is InChI=1S/C19H12N2O5S2/c22-18-14-13(11-8-10(21(24)25)6-7-12(11)26-18)16-17(20-19(23)28-16)27-15(14)9-4-2-1-3-5-9/h1-8,13-15H,(H,20,23)/t13-,14+,15+/m1/s1. The average molecular weight is 412 g/mol. The van der Waals surface area contributed by atoms with E-state index < -0.39 is 16.8 Å². The Hall–Kier alpha value is -2.91. The van der Waals surface area contributed by atoms with Gasteiger partial charge in [0.2, 0.25) is 0 Å². The Bertz CT molecular complexity index is 1170. The maximum atomic E-state index is 13.0. The highest BCUT2D eigenvalue weighted by atomic mass is 32.2. The van der Waals surface area contributed by atoms with Crippen LogP contribution in [0.4, 0.5) is 5.69 Å². The number of thioether (sulfide) groups is 1. The molecule has 0 unspecified atom stereocenters. The molecule has 0 aliphatic carbocycles. The predicted molar refractivity (Wildman–Crippen MR) is 104 cm³/mol. The normalized spacial score (nSPS) is 22.6. The van der Waals surface area contributed by atoms with E-state index in [-0.39, 0.29) is 21.8 Å². The number of nitrogens with one attached hydrogen (secondary N) is 1. The molecule has 2 aliphatic heterocycles. The monoisotopic (exact) mass is 412 g/mol. The van der Waals surface area contributed by atoms with Crippen LogP contribution in [-0.4, -0.2) is 15.9 Å². The van der Waals surface area contributed by atoms with Crippen molar-refractivity contribution in [3.8, 4) is 5.75 Å². The minimum atomic E-state index is -0.583. The van der Waals surface area contributed by atoms with Crippen LogP contribution in [0, 0.1) is 16.0 Å². The maximum Gasteiger partial charge on any atom is 0.316 e. The van der Waals surface area contributed by atoms with E-state index in [9.17, 15) is 19.7 Å². The SMILES string of the molecule is O=C1Oc2ccc([N+](=O)[O-])cc2[C@H]2c3sc(=O)[nH]c3S[C@@H](c3ccccc3)[C@@H]12. The van der Waals surface area contributed by atoms with E-state index in [0.717, 1.165) is 21.8 Å². The van der Waals surface area contributed by atoms with Crippen LogP contribution in [0.15, 0.2) is 58.4 Å². The number of carbonyl (C=O) groups is 1. The number of ether oxygens (including phenoxy) is 1. The summed E-state index contributed by atoms with van der Waals surface area (Å²) in [5.41, 5.74) is 1.43. The van der Waals surface area contributed by atoms with Crippen molar-refractivity contribution in [3.63, 3.8) is 0 Å². The molecular weight excluding hydrogens is 400 g/mol. The Labute approximate surface area is 166 Å². The summed E-state index contributed by atoms with van der Waals surface area (Å²) >= 11 is 2.47. The third-order valence-electron chi connectivity index (χ3n) is 5.00. The first-order valence-corrected chi connectivity index (χ1v) is 10.2. The number of benzene rings is 2. The van der Waals surface area contributed by atoms with Crippen LogP contribution in [0.5, 0.6) is 5.75 Å². The van der Waals surface area contributed by atoms with Gasteiger partial charge in [-0.05, 0) is 11.6 Å². The van der Waals surface area contributed by atoms with Crippen molar-refractivity contribution in [1.29, 1.82) is 0 Å². The second-order valence-electron chi connectivity index (χ2n) is 6.56. The molecule has 3 aromatic rings. The van der Waals surface area contributed by atoms with Crippen LogP contribution in [0.25, 0.3) is 0 Å². The Kier molecular flexibility index (Phi) is 3.88. The van der Waals surface area contributed by atoms with E-state index >= 15 is 0 Å². The van der Waals surface area contributed by atoms with E-state index in [1.165, 1.54) is 30.0 Å². The fraction of sp³-hybridized carbons (Fsp3) is 0.158. The van der Waals surface area contributed by atoms with Gasteiger partial charge in [0.15, 0.2) is 0 Å². The molecule has 3 heterocycles. The van der Waals surface area contributed by atoms with E-state index in [2.05, 4.69) is 4.98 Å². The first-order chi connectivity index (χ1) is 13.5. The second-order valence-corrected chi connectivity index (χ2v) is 8.73. The number of nitrogens with zero attached hydrogens (tertiary/aromatic N) is 1. The molecule has 2 aromatic carbocycles. The van der Waals surface area contributed by atoms with E-state index in [4.69, 9.17) is 4.74 Å². The number of esters is 1. The third kappa shape index (κ3) is 2.58. The molecule has 0 amide bonds. The lowest BCUT2D eigenvalue weighted by Gasteiger charge is -2.39. The number of fused-ring (bicyclic) bond motifs is 5. The van der Waals surface area contributed by atoms with Crippen LogP contribution < -0.4 is 9.61 Å². The fourth-order valence-electron chi connectivity index (χ4n) is 3.83. The highest BCUT2D eigenvalue weighted by molar-refractivity contribution is 7.99. The quantitative estimate of drug-likeness (QED) is 0.297. The van der Waals surface area contributed by atoms with Gasteiger partial charge in [-0.3, -0.25) is 19.7 Å². The van der Waals surface area contributed by atoms with Gasteiger partial charge in [0, 0.05) is 28.5 Å². The number of aromatic amines is 1. The van der Waals surface area contributed by atoms with Gasteiger partial charge in [-0.25, -0.2) is 0 Å². The first-order valence-electron chi connectivity index (χ1n) is 8.47. The van der Waals surface area contributed by atoms with Crippen LogP contribution in [0.2, 0.25) is 0 Å². The summed E-state index contributed by atoms with van der Waals surface area (Å²) in [5, 5.41) is 11.7. The fourth-order valence-corrected chi connectivity index (χ4v) is 6.42.